The van der Waals surface area contributed by atoms with Crippen molar-refractivity contribution in [3.63, 3.8) is 0 Å². The number of nitrogens with two attached hydrogens (primary N) is 1. The number of carboxylic acid groups (broad SMARTS) is 1. The van der Waals surface area contributed by atoms with Crippen LogP contribution in [0, 0.1) is 5.41 Å². The van der Waals surface area contributed by atoms with Gasteiger partial charge in [0.15, 0.2) is 0 Å². The van der Waals surface area contributed by atoms with Crippen LogP contribution in [0.4, 0.5) is 0 Å². The van der Waals surface area contributed by atoms with Crippen molar-refractivity contribution in [2.75, 3.05) is 13.1 Å². The molecule has 9 heteroatoms. The molecule has 1 heterocycles. The normalized spacial score (nSPS) is 16.2. The molecule has 1 fully saturated rings. The summed E-state index contributed by atoms with van der Waals surface area (Å²) in [5.74, 6) is -1.96. The van der Waals surface area contributed by atoms with Gasteiger partial charge in [-0.05, 0) is 36.9 Å². The number of imide groups is 1. The van der Waals surface area contributed by atoms with Crippen molar-refractivity contribution in [1.29, 1.82) is 5.41 Å². The molecule has 6 N–H and O–H groups in total. The SMILES string of the molecule is N=C(N)c1ccc(CN(C(=O)[C@@H]2CCCN2)C(=O)[C@@H](Cc2ccccc2)NCC(=O)O)cc1. The molecule has 2 atom stereocenters. The minimum absolute atomic E-state index is 0.0358. The van der Waals surface area contributed by atoms with Crippen LogP contribution in [0.15, 0.2) is 54.6 Å². The number of benzene rings is 2. The summed E-state index contributed by atoms with van der Waals surface area (Å²) in [5, 5.41) is 22.6. The highest BCUT2D eigenvalue weighted by molar-refractivity contribution is 6.00. The Hall–Kier alpha value is -3.56. The molecule has 9 nitrogen and oxygen atoms in total. The number of carbonyl (C=O) groups is 3. The van der Waals surface area contributed by atoms with Gasteiger partial charge in [-0.3, -0.25) is 30.0 Å². The van der Waals surface area contributed by atoms with E-state index in [4.69, 9.17) is 16.2 Å². The fourth-order valence-corrected chi connectivity index (χ4v) is 3.82. The zero-order chi connectivity index (χ0) is 23.8. The average Bonchev–Trinajstić information content (AvgIpc) is 3.35. The third kappa shape index (κ3) is 6.71. The van der Waals surface area contributed by atoms with Crippen LogP contribution in [0.25, 0.3) is 0 Å². The van der Waals surface area contributed by atoms with Gasteiger partial charge in [0, 0.05) is 5.56 Å². The van der Waals surface area contributed by atoms with Crippen molar-refractivity contribution in [3.8, 4) is 0 Å². The molecule has 1 saturated heterocycles. The van der Waals surface area contributed by atoms with Gasteiger partial charge < -0.3 is 16.2 Å². The van der Waals surface area contributed by atoms with Crippen LogP contribution >= 0.6 is 0 Å². The number of carboxylic acids is 1. The maximum Gasteiger partial charge on any atom is 0.317 e. The van der Waals surface area contributed by atoms with E-state index >= 15 is 0 Å². The first kappa shape index (κ1) is 24.1. The fourth-order valence-electron chi connectivity index (χ4n) is 3.82. The summed E-state index contributed by atoms with van der Waals surface area (Å²) in [6.45, 7) is 0.338. The number of amides is 2. The van der Waals surface area contributed by atoms with Crippen LogP contribution in [-0.2, 0) is 27.3 Å². The lowest BCUT2D eigenvalue weighted by atomic mass is 10.0. The van der Waals surface area contributed by atoms with Crippen molar-refractivity contribution < 1.29 is 19.5 Å². The molecule has 2 aromatic rings. The van der Waals surface area contributed by atoms with Crippen LogP contribution in [-0.4, -0.2) is 58.8 Å². The number of hydrogen-bond acceptors (Lipinski definition) is 6. The summed E-state index contributed by atoms with van der Waals surface area (Å²) < 4.78 is 0. The molecule has 1 aliphatic rings. The van der Waals surface area contributed by atoms with Crippen LogP contribution < -0.4 is 16.4 Å². The van der Waals surface area contributed by atoms with Crippen LogP contribution in [0.3, 0.4) is 0 Å². The Kier molecular flexibility index (Phi) is 8.28. The molecular weight excluding hydrogens is 422 g/mol. The highest BCUT2D eigenvalue weighted by atomic mass is 16.4. The third-order valence-electron chi connectivity index (χ3n) is 5.58. The number of nitrogens with zero attached hydrogens (tertiary/aromatic N) is 1. The molecule has 0 aliphatic carbocycles. The fraction of sp³-hybridized carbons (Fsp3) is 0.333. The molecule has 33 heavy (non-hydrogen) atoms. The smallest absolute Gasteiger partial charge is 0.317 e. The minimum atomic E-state index is -1.09. The first-order chi connectivity index (χ1) is 15.8. The van der Waals surface area contributed by atoms with Crippen molar-refractivity contribution in [1.82, 2.24) is 15.5 Å². The Labute approximate surface area is 192 Å². The third-order valence-corrected chi connectivity index (χ3v) is 5.58. The highest BCUT2D eigenvalue weighted by Crippen LogP contribution is 2.16. The summed E-state index contributed by atoms with van der Waals surface area (Å²) in [5.41, 5.74) is 7.62. The first-order valence-electron chi connectivity index (χ1n) is 10.9. The lowest BCUT2D eigenvalue weighted by molar-refractivity contribution is -0.148. The predicted molar refractivity (Wildman–Crippen MR) is 124 cm³/mol. The van der Waals surface area contributed by atoms with E-state index in [2.05, 4.69) is 10.6 Å². The van der Waals surface area contributed by atoms with Crippen LogP contribution in [0.5, 0.6) is 0 Å². The maximum absolute atomic E-state index is 13.6. The van der Waals surface area contributed by atoms with Gasteiger partial charge in [-0.1, -0.05) is 54.6 Å². The van der Waals surface area contributed by atoms with Crippen molar-refractivity contribution in [2.24, 2.45) is 5.73 Å². The Bertz CT molecular complexity index is 988. The summed E-state index contributed by atoms with van der Waals surface area (Å²) in [4.78, 5) is 39.3. The molecule has 0 aromatic heterocycles. The molecule has 0 bridgehead atoms. The highest BCUT2D eigenvalue weighted by Gasteiger charge is 2.34. The molecule has 0 saturated carbocycles. The topological polar surface area (TPSA) is 149 Å². The summed E-state index contributed by atoms with van der Waals surface area (Å²) in [6.07, 6.45) is 1.73. The van der Waals surface area contributed by atoms with Crippen molar-refractivity contribution in [3.05, 3.63) is 71.3 Å². The number of hydrogen-bond donors (Lipinski definition) is 5. The van der Waals surface area contributed by atoms with Gasteiger partial charge in [0.05, 0.1) is 25.2 Å². The van der Waals surface area contributed by atoms with Crippen molar-refractivity contribution >= 4 is 23.6 Å². The molecule has 0 radical (unpaired) electrons. The van der Waals surface area contributed by atoms with Crippen molar-refractivity contribution in [2.45, 2.75) is 37.9 Å². The van der Waals surface area contributed by atoms with E-state index in [1.54, 1.807) is 24.3 Å². The second-order valence-corrected chi connectivity index (χ2v) is 8.04. The van der Waals surface area contributed by atoms with E-state index < -0.39 is 30.5 Å². The molecule has 0 unspecified atom stereocenters. The molecule has 174 valence electrons. The molecular formula is C24H29N5O4. The lowest BCUT2D eigenvalue weighted by Crippen LogP contribution is -2.54. The van der Waals surface area contributed by atoms with Crippen LogP contribution in [0.1, 0.15) is 29.5 Å². The molecule has 3 rings (SSSR count). The van der Waals surface area contributed by atoms with E-state index in [0.29, 0.717) is 24.1 Å². The van der Waals surface area contributed by atoms with Gasteiger partial charge in [-0.15, -0.1) is 0 Å². The zero-order valence-corrected chi connectivity index (χ0v) is 18.3. The minimum Gasteiger partial charge on any atom is -0.480 e. The number of rotatable bonds is 10. The van der Waals surface area contributed by atoms with Crippen LogP contribution in [0.2, 0.25) is 0 Å². The number of nitrogens with one attached hydrogen (secondary N) is 3. The van der Waals surface area contributed by atoms with E-state index in [9.17, 15) is 14.4 Å². The summed E-state index contributed by atoms with van der Waals surface area (Å²) >= 11 is 0. The Morgan fingerprint density at radius 2 is 1.82 bits per heavy atom. The largest absolute Gasteiger partial charge is 0.480 e. The van der Waals surface area contributed by atoms with Gasteiger partial charge in [-0.2, -0.15) is 0 Å². The molecule has 0 spiro atoms. The van der Waals surface area contributed by atoms with Gasteiger partial charge >= 0.3 is 5.97 Å². The maximum atomic E-state index is 13.6. The Morgan fingerprint density at radius 3 is 2.39 bits per heavy atom. The Balaban J connectivity index is 1.87. The molecule has 1 aliphatic heterocycles. The summed E-state index contributed by atoms with van der Waals surface area (Å²) in [6, 6.07) is 14.7. The second kappa shape index (κ2) is 11.3. The average molecular weight is 452 g/mol. The zero-order valence-electron chi connectivity index (χ0n) is 18.3. The number of aliphatic carboxylic acids is 1. The number of nitrogen functional groups attached to an aromatic ring is 1. The van der Waals surface area contributed by atoms with E-state index in [-0.39, 0.29) is 24.7 Å². The van der Waals surface area contributed by atoms with Gasteiger partial charge in [0.2, 0.25) is 11.8 Å². The second-order valence-electron chi connectivity index (χ2n) is 8.04. The standard InChI is InChI=1S/C24H29N5O4/c25-22(26)18-10-8-17(9-11-18)15-29(23(32)19-7-4-12-27-19)24(33)20(28-14-21(30)31)13-16-5-2-1-3-6-16/h1-3,5-6,8-11,19-20,27-28H,4,7,12-15H2,(H3,25,26)(H,30,31)/t19-,20+/m0/s1. The number of amidine groups is 1. The predicted octanol–water partition coefficient (Wildman–Crippen LogP) is 0.863. The molecule has 2 amide bonds. The van der Waals surface area contributed by atoms with Gasteiger partial charge in [-0.25, -0.2) is 0 Å². The lowest BCUT2D eigenvalue weighted by Gasteiger charge is -2.28. The molecule has 2 aromatic carbocycles. The van der Waals surface area contributed by atoms with Gasteiger partial charge in [0.1, 0.15) is 5.84 Å². The van der Waals surface area contributed by atoms with E-state index in [1.165, 1.54) is 4.90 Å². The van der Waals surface area contributed by atoms with E-state index in [1.807, 2.05) is 30.3 Å². The monoisotopic (exact) mass is 451 g/mol. The summed E-state index contributed by atoms with van der Waals surface area (Å²) in [7, 11) is 0. The quantitative estimate of drug-likeness (QED) is 0.266. The van der Waals surface area contributed by atoms with E-state index in [0.717, 1.165) is 12.0 Å². The Morgan fingerprint density at radius 1 is 1.12 bits per heavy atom. The van der Waals surface area contributed by atoms with Gasteiger partial charge in [0.25, 0.3) is 0 Å². The first-order valence-corrected chi connectivity index (χ1v) is 10.9. The number of carbonyl (C=O) groups excluding carboxylic acids is 2.